The summed E-state index contributed by atoms with van der Waals surface area (Å²) in [6, 6.07) is 24.4. The van der Waals surface area contributed by atoms with Gasteiger partial charge < -0.3 is 14.0 Å². The summed E-state index contributed by atoms with van der Waals surface area (Å²) in [6.07, 6.45) is -0.996. The third-order valence-corrected chi connectivity index (χ3v) is 9.64. The second kappa shape index (κ2) is 15.0. The van der Waals surface area contributed by atoms with Crippen molar-refractivity contribution >= 4 is 44.5 Å². The molecule has 256 valence electrons. The molecule has 0 N–H and O–H groups in total. The van der Waals surface area contributed by atoms with E-state index in [0.717, 1.165) is 41.1 Å². The molecular weight excluding hydrogens is 739 g/mol. The van der Waals surface area contributed by atoms with E-state index in [1.54, 1.807) is 58.4 Å². The first-order chi connectivity index (χ1) is 24.0. The standard InChI is InChI=1S/C37H28BrF5N4O2S/c38-33-20-45(23-44-33)16-17-46(19-24-8-10-25(11-9-24)26-12-14-28(15-13-26)37(41,42)43)34(49)21-47-31-7-2-1-5-29(31)32(48)18-35(47)50-22-27-4-3-6-30(39)36(27)40/h1-15,18,20,23H,16-17,19,21-22H2. The van der Waals surface area contributed by atoms with Gasteiger partial charge in [0.1, 0.15) is 11.1 Å². The molecule has 0 aliphatic rings. The Morgan fingerprint density at radius 1 is 0.900 bits per heavy atom. The highest BCUT2D eigenvalue weighted by atomic mass is 79.9. The first-order valence-corrected chi connectivity index (χ1v) is 17.1. The number of nitrogens with zero attached hydrogens (tertiary/aromatic N) is 4. The van der Waals surface area contributed by atoms with Gasteiger partial charge in [-0.15, -0.1) is 11.8 Å². The number of hydrogen-bond acceptors (Lipinski definition) is 4. The number of imidazole rings is 1. The molecule has 2 heterocycles. The molecule has 6 aromatic rings. The summed E-state index contributed by atoms with van der Waals surface area (Å²) in [7, 11) is 0. The van der Waals surface area contributed by atoms with Crippen LogP contribution >= 0.6 is 27.7 Å². The van der Waals surface area contributed by atoms with Crippen molar-refractivity contribution in [1.82, 2.24) is 19.0 Å². The van der Waals surface area contributed by atoms with Crippen LogP contribution in [0.2, 0.25) is 0 Å². The number of pyridine rings is 1. The van der Waals surface area contributed by atoms with Crippen LogP contribution in [0.3, 0.4) is 0 Å². The maximum Gasteiger partial charge on any atom is 0.416 e. The Balaban J connectivity index is 1.28. The van der Waals surface area contributed by atoms with Crippen LogP contribution in [0, 0.1) is 11.6 Å². The van der Waals surface area contributed by atoms with Crippen LogP contribution in [0.15, 0.2) is 124 Å². The number of aromatic nitrogens is 3. The Labute approximate surface area is 296 Å². The van der Waals surface area contributed by atoms with Gasteiger partial charge in [0, 0.05) is 48.6 Å². The van der Waals surface area contributed by atoms with Crippen LogP contribution < -0.4 is 5.43 Å². The van der Waals surface area contributed by atoms with Crippen molar-refractivity contribution in [1.29, 1.82) is 0 Å². The van der Waals surface area contributed by atoms with Crippen LogP contribution in [0.5, 0.6) is 0 Å². The van der Waals surface area contributed by atoms with Crippen molar-refractivity contribution in [2.45, 2.75) is 36.6 Å². The summed E-state index contributed by atoms with van der Waals surface area (Å²) < 4.78 is 71.7. The number of carbonyl (C=O) groups is 1. The molecular formula is C37H28BrF5N4O2S. The number of benzene rings is 4. The Morgan fingerprint density at radius 2 is 1.60 bits per heavy atom. The smallest absolute Gasteiger partial charge is 0.335 e. The molecule has 0 unspecified atom stereocenters. The first kappa shape index (κ1) is 35.1. The van der Waals surface area contributed by atoms with E-state index in [1.807, 2.05) is 16.7 Å². The largest absolute Gasteiger partial charge is 0.416 e. The number of fused-ring (bicyclic) bond motifs is 1. The van der Waals surface area contributed by atoms with Gasteiger partial charge in [-0.1, -0.05) is 60.7 Å². The number of thioether (sulfide) groups is 1. The Kier molecular flexibility index (Phi) is 10.5. The van der Waals surface area contributed by atoms with E-state index in [4.69, 9.17) is 0 Å². The average molecular weight is 768 g/mol. The number of rotatable bonds is 11. The fourth-order valence-corrected chi connectivity index (χ4v) is 6.88. The van der Waals surface area contributed by atoms with Gasteiger partial charge in [0.25, 0.3) is 0 Å². The molecule has 13 heteroatoms. The maximum absolute atomic E-state index is 14.5. The summed E-state index contributed by atoms with van der Waals surface area (Å²) in [5.41, 5.74) is 1.80. The highest BCUT2D eigenvalue weighted by Gasteiger charge is 2.30. The predicted molar refractivity (Wildman–Crippen MR) is 186 cm³/mol. The first-order valence-electron chi connectivity index (χ1n) is 15.4. The summed E-state index contributed by atoms with van der Waals surface area (Å²) in [5.74, 6) is -2.17. The lowest BCUT2D eigenvalue weighted by Gasteiger charge is -2.25. The van der Waals surface area contributed by atoms with Crippen LogP contribution in [0.1, 0.15) is 16.7 Å². The van der Waals surface area contributed by atoms with Crippen molar-refractivity contribution in [3.05, 3.63) is 153 Å². The third-order valence-electron chi connectivity index (χ3n) is 8.14. The molecule has 0 bridgehead atoms. The number of para-hydroxylation sites is 1. The van der Waals surface area contributed by atoms with E-state index in [0.29, 0.717) is 39.2 Å². The molecule has 1 amide bonds. The number of halogens is 6. The predicted octanol–water partition coefficient (Wildman–Crippen LogP) is 8.95. The SMILES string of the molecule is O=C(Cn1c(SCc2cccc(F)c2F)cc(=O)c2ccccc21)N(CCn1cnc(Br)c1)Cc1ccc(-c2ccc(C(F)(F)F)cc2)cc1. The quantitative estimate of drug-likeness (QED) is 0.0977. The fourth-order valence-electron chi connectivity index (χ4n) is 5.49. The highest BCUT2D eigenvalue weighted by Crippen LogP contribution is 2.31. The normalized spacial score (nSPS) is 11.6. The van der Waals surface area contributed by atoms with Gasteiger partial charge in [0.05, 0.1) is 22.4 Å². The van der Waals surface area contributed by atoms with Crippen molar-refractivity contribution in [3.8, 4) is 11.1 Å². The van der Waals surface area contributed by atoms with E-state index in [2.05, 4.69) is 20.9 Å². The van der Waals surface area contributed by atoms with Gasteiger partial charge in [-0.05, 0) is 63.0 Å². The second-order valence-electron chi connectivity index (χ2n) is 11.5. The van der Waals surface area contributed by atoms with Crippen molar-refractivity contribution < 1.29 is 26.7 Å². The molecule has 0 radical (unpaired) electrons. The fraction of sp³-hybridized carbons (Fsp3) is 0.162. The number of carbonyl (C=O) groups excluding carboxylic acids is 1. The average Bonchev–Trinajstić information content (AvgIpc) is 3.53. The van der Waals surface area contributed by atoms with Crippen molar-refractivity contribution in [2.75, 3.05) is 6.54 Å². The van der Waals surface area contributed by atoms with E-state index in [1.165, 1.54) is 30.3 Å². The lowest BCUT2D eigenvalue weighted by atomic mass is 10.0. The van der Waals surface area contributed by atoms with E-state index in [-0.39, 0.29) is 35.7 Å². The Morgan fingerprint density at radius 3 is 2.28 bits per heavy atom. The van der Waals surface area contributed by atoms with E-state index < -0.39 is 23.4 Å². The number of amides is 1. The summed E-state index contributed by atoms with van der Waals surface area (Å²) in [4.78, 5) is 33.1. The number of alkyl halides is 3. The molecule has 0 aliphatic carbocycles. The second-order valence-corrected chi connectivity index (χ2v) is 13.3. The third kappa shape index (κ3) is 8.16. The lowest BCUT2D eigenvalue weighted by Crippen LogP contribution is -2.36. The van der Waals surface area contributed by atoms with Gasteiger partial charge in [0.2, 0.25) is 5.91 Å². The molecule has 0 spiro atoms. The minimum absolute atomic E-state index is 0.0278. The maximum atomic E-state index is 14.5. The Bertz CT molecular complexity index is 2200. The van der Waals surface area contributed by atoms with Gasteiger partial charge in [-0.2, -0.15) is 13.2 Å². The minimum Gasteiger partial charge on any atom is -0.335 e. The zero-order valence-electron chi connectivity index (χ0n) is 26.2. The molecule has 0 saturated carbocycles. The molecule has 6 rings (SSSR count). The van der Waals surface area contributed by atoms with Crippen molar-refractivity contribution in [2.24, 2.45) is 0 Å². The van der Waals surface area contributed by atoms with Gasteiger partial charge in [-0.25, -0.2) is 13.8 Å². The van der Waals surface area contributed by atoms with Gasteiger partial charge >= 0.3 is 6.18 Å². The monoisotopic (exact) mass is 766 g/mol. The van der Waals surface area contributed by atoms with Crippen molar-refractivity contribution in [3.63, 3.8) is 0 Å². The van der Waals surface area contributed by atoms with Crippen LogP contribution in [0.25, 0.3) is 22.0 Å². The molecule has 6 nitrogen and oxygen atoms in total. The van der Waals surface area contributed by atoms with Gasteiger partial charge in [-0.3, -0.25) is 9.59 Å². The minimum atomic E-state index is -4.43. The topological polar surface area (TPSA) is 60.1 Å². The molecule has 0 atom stereocenters. The zero-order valence-corrected chi connectivity index (χ0v) is 28.6. The number of hydrogen-bond donors (Lipinski definition) is 0. The summed E-state index contributed by atoms with van der Waals surface area (Å²) in [6.45, 7) is 0.805. The van der Waals surface area contributed by atoms with E-state index in [9.17, 15) is 31.5 Å². The summed E-state index contributed by atoms with van der Waals surface area (Å²) >= 11 is 4.47. The summed E-state index contributed by atoms with van der Waals surface area (Å²) in [5, 5.41) is 0.834. The van der Waals surface area contributed by atoms with Crippen LogP contribution in [-0.2, 0) is 36.4 Å². The molecule has 0 fully saturated rings. The van der Waals surface area contributed by atoms with Crippen LogP contribution in [0.4, 0.5) is 22.0 Å². The molecule has 50 heavy (non-hydrogen) atoms. The molecule has 2 aromatic heterocycles. The molecule has 0 aliphatic heterocycles. The van der Waals surface area contributed by atoms with Gasteiger partial charge in [0.15, 0.2) is 17.1 Å². The zero-order chi connectivity index (χ0) is 35.4. The highest BCUT2D eigenvalue weighted by molar-refractivity contribution is 9.10. The van der Waals surface area contributed by atoms with Crippen LogP contribution in [-0.4, -0.2) is 31.5 Å². The molecule has 0 saturated heterocycles. The lowest BCUT2D eigenvalue weighted by molar-refractivity contribution is -0.137. The Hall–Kier alpha value is -4.75. The molecule has 4 aromatic carbocycles. The van der Waals surface area contributed by atoms with E-state index >= 15 is 0 Å².